The summed E-state index contributed by atoms with van der Waals surface area (Å²) >= 11 is 0. The van der Waals surface area contributed by atoms with E-state index in [1.54, 1.807) is 18.9 Å². The number of carbonyl (C=O) groups is 2. The van der Waals surface area contributed by atoms with Crippen molar-refractivity contribution < 1.29 is 14.3 Å². The topological polar surface area (TPSA) is 49.9 Å². The fourth-order valence-electron chi connectivity index (χ4n) is 2.66. The van der Waals surface area contributed by atoms with Gasteiger partial charge in [0, 0.05) is 33.7 Å². The number of benzene rings is 1. The van der Waals surface area contributed by atoms with Crippen molar-refractivity contribution in [1.29, 1.82) is 0 Å². The Morgan fingerprint density at radius 3 is 2.57 bits per heavy atom. The van der Waals surface area contributed by atoms with Gasteiger partial charge in [-0.1, -0.05) is 30.3 Å². The van der Waals surface area contributed by atoms with Gasteiger partial charge in [0.1, 0.15) is 0 Å². The van der Waals surface area contributed by atoms with E-state index in [-0.39, 0.29) is 17.9 Å². The molecule has 0 unspecified atom stereocenters. The first-order valence-corrected chi connectivity index (χ1v) is 7.22. The molecule has 1 heterocycles. The van der Waals surface area contributed by atoms with Crippen molar-refractivity contribution in [3.8, 4) is 0 Å². The highest BCUT2D eigenvalue weighted by Crippen LogP contribution is 2.26. The maximum atomic E-state index is 12.4. The SMILES string of the molecule is COCCC(=O)N1CCN(C(C)=O)C[C@H]1c1ccccc1. The maximum absolute atomic E-state index is 12.4. The smallest absolute Gasteiger partial charge is 0.225 e. The zero-order chi connectivity index (χ0) is 15.2. The number of hydrogen-bond acceptors (Lipinski definition) is 3. The Kier molecular flexibility index (Phi) is 5.33. The standard InChI is InChI=1S/C16H22N2O3/c1-13(19)17-9-10-18(16(20)8-11-21-2)15(12-17)14-6-4-3-5-7-14/h3-7,15H,8-12H2,1-2H3/t15-/m0/s1. The van der Waals surface area contributed by atoms with Crippen LogP contribution >= 0.6 is 0 Å². The van der Waals surface area contributed by atoms with Gasteiger partial charge in [0.2, 0.25) is 11.8 Å². The highest BCUT2D eigenvalue weighted by atomic mass is 16.5. The molecule has 2 rings (SSSR count). The number of piperazine rings is 1. The van der Waals surface area contributed by atoms with Crippen molar-refractivity contribution >= 4 is 11.8 Å². The number of carbonyl (C=O) groups excluding carboxylic acids is 2. The van der Waals surface area contributed by atoms with Crippen LogP contribution in [0, 0.1) is 0 Å². The van der Waals surface area contributed by atoms with E-state index in [2.05, 4.69) is 0 Å². The van der Waals surface area contributed by atoms with Crippen molar-refractivity contribution in [3.05, 3.63) is 35.9 Å². The lowest BCUT2D eigenvalue weighted by atomic mass is 10.0. The molecular weight excluding hydrogens is 268 g/mol. The molecule has 0 radical (unpaired) electrons. The Morgan fingerprint density at radius 1 is 1.24 bits per heavy atom. The van der Waals surface area contributed by atoms with Crippen LogP contribution in [0.4, 0.5) is 0 Å². The quantitative estimate of drug-likeness (QED) is 0.843. The van der Waals surface area contributed by atoms with Crippen molar-refractivity contribution in [2.24, 2.45) is 0 Å². The molecule has 1 aromatic carbocycles. The van der Waals surface area contributed by atoms with Crippen molar-refractivity contribution in [2.45, 2.75) is 19.4 Å². The molecule has 5 nitrogen and oxygen atoms in total. The molecule has 0 bridgehead atoms. The van der Waals surface area contributed by atoms with Crippen LogP contribution in [0.15, 0.2) is 30.3 Å². The van der Waals surface area contributed by atoms with Gasteiger partial charge in [0.05, 0.1) is 19.1 Å². The number of hydrogen-bond donors (Lipinski definition) is 0. The van der Waals surface area contributed by atoms with Crippen LogP contribution < -0.4 is 0 Å². The molecule has 0 aliphatic carbocycles. The van der Waals surface area contributed by atoms with Crippen molar-refractivity contribution in [2.75, 3.05) is 33.4 Å². The lowest BCUT2D eigenvalue weighted by Crippen LogP contribution is -2.52. The summed E-state index contributed by atoms with van der Waals surface area (Å²) < 4.78 is 4.99. The van der Waals surface area contributed by atoms with Gasteiger partial charge in [0.15, 0.2) is 0 Å². The van der Waals surface area contributed by atoms with Gasteiger partial charge >= 0.3 is 0 Å². The zero-order valence-corrected chi connectivity index (χ0v) is 12.6. The molecular formula is C16H22N2O3. The normalized spacial score (nSPS) is 18.7. The average molecular weight is 290 g/mol. The fourth-order valence-corrected chi connectivity index (χ4v) is 2.66. The Balaban J connectivity index is 2.18. The van der Waals surface area contributed by atoms with E-state index in [0.29, 0.717) is 32.7 Å². The number of rotatable bonds is 4. The number of ether oxygens (including phenoxy) is 1. The number of methoxy groups -OCH3 is 1. The molecule has 1 aliphatic rings. The van der Waals surface area contributed by atoms with Gasteiger partial charge in [0.25, 0.3) is 0 Å². The maximum Gasteiger partial charge on any atom is 0.225 e. The first-order chi connectivity index (χ1) is 10.1. The molecule has 1 aromatic rings. The Morgan fingerprint density at radius 2 is 1.95 bits per heavy atom. The summed E-state index contributed by atoms with van der Waals surface area (Å²) in [5, 5.41) is 0. The van der Waals surface area contributed by atoms with Crippen LogP contribution in [0.5, 0.6) is 0 Å². The molecule has 0 aromatic heterocycles. The third-order valence-electron chi connectivity index (χ3n) is 3.85. The second-order valence-electron chi connectivity index (χ2n) is 5.22. The highest BCUT2D eigenvalue weighted by molar-refractivity contribution is 5.78. The van der Waals surface area contributed by atoms with Crippen LogP contribution in [0.2, 0.25) is 0 Å². The molecule has 1 aliphatic heterocycles. The summed E-state index contributed by atoms with van der Waals surface area (Å²) in [7, 11) is 1.59. The predicted molar refractivity (Wildman–Crippen MR) is 79.6 cm³/mol. The summed E-state index contributed by atoms with van der Waals surface area (Å²) in [6.07, 6.45) is 0.375. The Hall–Kier alpha value is -1.88. The largest absolute Gasteiger partial charge is 0.384 e. The van der Waals surface area contributed by atoms with Crippen LogP contribution in [0.25, 0.3) is 0 Å². The van der Waals surface area contributed by atoms with Crippen LogP contribution in [0.1, 0.15) is 24.9 Å². The molecule has 0 saturated carbocycles. The molecule has 21 heavy (non-hydrogen) atoms. The lowest BCUT2D eigenvalue weighted by molar-refractivity contribution is -0.142. The highest BCUT2D eigenvalue weighted by Gasteiger charge is 2.32. The first-order valence-electron chi connectivity index (χ1n) is 7.22. The average Bonchev–Trinajstić information content (AvgIpc) is 2.52. The summed E-state index contributed by atoms with van der Waals surface area (Å²) in [4.78, 5) is 27.7. The molecule has 1 fully saturated rings. The minimum absolute atomic E-state index is 0.0555. The molecule has 2 amide bonds. The summed E-state index contributed by atoms with van der Waals surface area (Å²) in [6.45, 7) is 3.72. The molecule has 1 atom stereocenters. The molecule has 1 saturated heterocycles. The van der Waals surface area contributed by atoms with E-state index < -0.39 is 0 Å². The van der Waals surface area contributed by atoms with Crippen LogP contribution in [0.3, 0.4) is 0 Å². The zero-order valence-electron chi connectivity index (χ0n) is 12.6. The second-order valence-corrected chi connectivity index (χ2v) is 5.22. The van der Waals surface area contributed by atoms with Crippen LogP contribution in [-0.4, -0.2) is 55.0 Å². The van der Waals surface area contributed by atoms with E-state index in [1.165, 1.54) is 0 Å². The van der Waals surface area contributed by atoms with E-state index in [1.807, 2.05) is 35.2 Å². The first kappa shape index (κ1) is 15.5. The minimum Gasteiger partial charge on any atom is -0.384 e. The Labute approximate surface area is 125 Å². The third-order valence-corrected chi connectivity index (χ3v) is 3.85. The van der Waals surface area contributed by atoms with Crippen molar-refractivity contribution in [1.82, 2.24) is 9.80 Å². The molecule has 5 heteroatoms. The van der Waals surface area contributed by atoms with Gasteiger partial charge in [-0.2, -0.15) is 0 Å². The van der Waals surface area contributed by atoms with Gasteiger partial charge in [-0.3, -0.25) is 9.59 Å². The van der Waals surface area contributed by atoms with Gasteiger partial charge < -0.3 is 14.5 Å². The van der Waals surface area contributed by atoms with E-state index in [0.717, 1.165) is 5.56 Å². The minimum atomic E-state index is -0.0757. The van der Waals surface area contributed by atoms with E-state index in [4.69, 9.17) is 4.74 Å². The number of nitrogens with zero attached hydrogens (tertiary/aromatic N) is 2. The molecule has 114 valence electrons. The van der Waals surface area contributed by atoms with Gasteiger partial charge in [-0.05, 0) is 5.56 Å². The molecule has 0 N–H and O–H groups in total. The molecule has 0 spiro atoms. The third kappa shape index (κ3) is 3.82. The monoisotopic (exact) mass is 290 g/mol. The van der Waals surface area contributed by atoms with Gasteiger partial charge in [-0.25, -0.2) is 0 Å². The summed E-state index contributed by atoms with van der Waals surface area (Å²) in [5.74, 6) is 0.133. The Bertz CT molecular complexity index is 490. The fraction of sp³-hybridized carbons (Fsp3) is 0.500. The van der Waals surface area contributed by atoms with Gasteiger partial charge in [-0.15, -0.1) is 0 Å². The van der Waals surface area contributed by atoms with Crippen molar-refractivity contribution in [3.63, 3.8) is 0 Å². The lowest BCUT2D eigenvalue weighted by Gasteiger charge is -2.41. The van der Waals surface area contributed by atoms with Crippen LogP contribution in [-0.2, 0) is 14.3 Å². The van der Waals surface area contributed by atoms with E-state index >= 15 is 0 Å². The summed E-state index contributed by atoms with van der Waals surface area (Å²) in [6, 6.07) is 9.80. The number of amides is 2. The predicted octanol–water partition coefficient (Wildman–Crippen LogP) is 1.45. The second kappa shape index (κ2) is 7.22. The van der Waals surface area contributed by atoms with E-state index in [9.17, 15) is 9.59 Å². The summed E-state index contributed by atoms with van der Waals surface area (Å²) in [5.41, 5.74) is 1.06.